The maximum Gasteiger partial charge on any atom is 0.336 e. The Kier molecular flexibility index (Phi) is 7.71. The number of benzene rings is 2. The van der Waals surface area contributed by atoms with Crippen LogP contribution in [0.5, 0.6) is 0 Å². The van der Waals surface area contributed by atoms with Gasteiger partial charge in [0, 0.05) is 41.9 Å². The van der Waals surface area contributed by atoms with E-state index in [0.29, 0.717) is 54.2 Å². The summed E-state index contributed by atoms with van der Waals surface area (Å²) in [4.78, 5) is 12.4. The lowest BCUT2D eigenvalue weighted by Gasteiger charge is -2.26. The molecule has 1 fully saturated rings. The molecule has 1 unspecified atom stereocenters. The van der Waals surface area contributed by atoms with Gasteiger partial charge in [0.05, 0.1) is 18.1 Å². The Morgan fingerprint density at radius 3 is 2.63 bits per heavy atom. The first-order chi connectivity index (χ1) is 18.3. The molecule has 0 aliphatic carbocycles. The van der Waals surface area contributed by atoms with E-state index in [1.165, 1.54) is 22.1 Å². The van der Waals surface area contributed by atoms with Crippen molar-refractivity contribution in [2.24, 2.45) is 0 Å². The van der Waals surface area contributed by atoms with Crippen LogP contribution in [0, 0.1) is 6.92 Å². The number of fused-ring (bicyclic) bond motifs is 1. The lowest BCUT2D eigenvalue weighted by Crippen LogP contribution is -2.40. The van der Waals surface area contributed by atoms with E-state index in [0.717, 1.165) is 22.9 Å². The molecule has 4 aromatic rings. The summed E-state index contributed by atoms with van der Waals surface area (Å²) in [6.45, 7) is 7.57. The summed E-state index contributed by atoms with van der Waals surface area (Å²) in [7, 11) is -3.65. The number of sulfonamides is 1. The Bertz CT molecular complexity index is 1620. The van der Waals surface area contributed by atoms with E-state index >= 15 is 0 Å². The number of aryl methyl sites for hydroxylation is 1. The highest BCUT2D eigenvalue weighted by atomic mass is 32.2. The molecule has 0 radical (unpaired) electrons. The molecule has 0 amide bonds. The normalized spacial score (nSPS) is 15.7. The molecule has 2 aromatic heterocycles. The molecular formula is C27H30N4O5S2. The van der Waals surface area contributed by atoms with Gasteiger partial charge in [-0.3, -0.25) is 4.57 Å². The van der Waals surface area contributed by atoms with Gasteiger partial charge < -0.3 is 9.15 Å². The predicted octanol–water partition coefficient (Wildman–Crippen LogP) is 4.64. The fraction of sp³-hybridized carbons (Fsp3) is 0.370. The van der Waals surface area contributed by atoms with Crippen LogP contribution in [0.3, 0.4) is 0 Å². The van der Waals surface area contributed by atoms with Gasteiger partial charge in [-0.05, 0) is 49.6 Å². The highest BCUT2D eigenvalue weighted by molar-refractivity contribution is 7.98. The molecule has 0 saturated carbocycles. The largest absolute Gasteiger partial charge is 0.423 e. The summed E-state index contributed by atoms with van der Waals surface area (Å²) in [5.41, 5.74) is 2.74. The molecule has 0 bridgehead atoms. The van der Waals surface area contributed by atoms with Crippen molar-refractivity contribution in [3.63, 3.8) is 0 Å². The summed E-state index contributed by atoms with van der Waals surface area (Å²) in [5.74, 6) is 1.11. The summed E-state index contributed by atoms with van der Waals surface area (Å²) < 4.78 is 40.7. The first-order valence-corrected chi connectivity index (χ1v) is 15.0. The van der Waals surface area contributed by atoms with Crippen molar-refractivity contribution in [2.75, 3.05) is 26.3 Å². The van der Waals surface area contributed by atoms with E-state index in [1.807, 2.05) is 35.8 Å². The average molecular weight is 555 g/mol. The topological polar surface area (TPSA) is 108 Å². The van der Waals surface area contributed by atoms with Crippen LogP contribution < -0.4 is 5.63 Å². The zero-order chi connectivity index (χ0) is 26.9. The number of aromatic nitrogens is 3. The van der Waals surface area contributed by atoms with Crippen LogP contribution in [0.1, 0.15) is 37.4 Å². The van der Waals surface area contributed by atoms with Crippen molar-refractivity contribution in [1.82, 2.24) is 19.1 Å². The molecule has 1 aliphatic heterocycles. The fourth-order valence-electron chi connectivity index (χ4n) is 4.48. The molecular weight excluding hydrogens is 524 g/mol. The Balaban J connectivity index is 1.48. The monoisotopic (exact) mass is 554 g/mol. The Hall–Kier alpha value is -2.99. The quantitative estimate of drug-likeness (QED) is 0.229. The van der Waals surface area contributed by atoms with Gasteiger partial charge in [0.2, 0.25) is 10.0 Å². The van der Waals surface area contributed by atoms with E-state index in [4.69, 9.17) is 9.15 Å². The second-order valence-corrected chi connectivity index (χ2v) is 12.2. The number of hydrogen-bond donors (Lipinski definition) is 0. The van der Waals surface area contributed by atoms with E-state index in [2.05, 4.69) is 24.0 Å². The summed E-state index contributed by atoms with van der Waals surface area (Å²) >= 11 is 1.49. The SMILES string of the molecule is CCC(C)n1c(SCc2cc(=O)oc3cc(C)ccc23)nnc1-c1cccc(S(=O)(=O)N2CCOCC2)c1. The van der Waals surface area contributed by atoms with Crippen LogP contribution in [0.4, 0.5) is 0 Å². The lowest BCUT2D eigenvalue weighted by molar-refractivity contribution is 0.0730. The average Bonchev–Trinajstić information content (AvgIpc) is 3.35. The number of morpholine rings is 1. The van der Waals surface area contributed by atoms with Crippen LogP contribution in [-0.2, 0) is 20.5 Å². The molecule has 1 atom stereocenters. The van der Waals surface area contributed by atoms with E-state index in [-0.39, 0.29) is 16.6 Å². The van der Waals surface area contributed by atoms with Crippen LogP contribution in [0.2, 0.25) is 0 Å². The molecule has 200 valence electrons. The van der Waals surface area contributed by atoms with Gasteiger partial charge in [0.1, 0.15) is 5.58 Å². The second-order valence-electron chi connectivity index (χ2n) is 9.36. The van der Waals surface area contributed by atoms with Gasteiger partial charge in [-0.1, -0.05) is 43.0 Å². The Morgan fingerprint density at radius 2 is 1.87 bits per heavy atom. The van der Waals surface area contributed by atoms with Crippen molar-refractivity contribution in [2.45, 2.75) is 49.0 Å². The van der Waals surface area contributed by atoms with Crippen molar-refractivity contribution in [3.05, 3.63) is 70.1 Å². The van der Waals surface area contributed by atoms with Gasteiger partial charge in [0.15, 0.2) is 11.0 Å². The Labute approximate surface area is 225 Å². The van der Waals surface area contributed by atoms with Crippen molar-refractivity contribution in [1.29, 1.82) is 0 Å². The molecule has 1 saturated heterocycles. The van der Waals surface area contributed by atoms with Gasteiger partial charge in [-0.15, -0.1) is 10.2 Å². The predicted molar refractivity (Wildman–Crippen MR) is 147 cm³/mol. The molecule has 0 spiro atoms. The number of hydrogen-bond acceptors (Lipinski definition) is 8. The van der Waals surface area contributed by atoms with E-state index in [1.54, 1.807) is 18.2 Å². The van der Waals surface area contributed by atoms with Gasteiger partial charge >= 0.3 is 5.63 Å². The molecule has 38 heavy (non-hydrogen) atoms. The number of nitrogens with zero attached hydrogens (tertiary/aromatic N) is 4. The highest BCUT2D eigenvalue weighted by Crippen LogP contribution is 2.33. The number of ether oxygens (including phenoxy) is 1. The maximum atomic E-state index is 13.3. The third kappa shape index (κ3) is 5.28. The minimum atomic E-state index is -3.65. The smallest absolute Gasteiger partial charge is 0.336 e. The molecule has 11 heteroatoms. The van der Waals surface area contributed by atoms with Crippen molar-refractivity contribution >= 4 is 32.8 Å². The van der Waals surface area contributed by atoms with Gasteiger partial charge in [-0.2, -0.15) is 4.31 Å². The summed E-state index contributed by atoms with van der Waals surface area (Å²) in [6.07, 6.45) is 0.835. The molecule has 3 heterocycles. The van der Waals surface area contributed by atoms with Crippen LogP contribution >= 0.6 is 11.8 Å². The van der Waals surface area contributed by atoms with Crippen LogP contribution in [-0.4, -0.2) is 53.8 Å². The molecule has 0 N–H and O–H groups in total. The zero-order valence-electron chi connectivity index (χ0n) is 21.6. The number of thioether (sulfide) groups is 1. The molecule has 5 rings (SSSR count). The zero-order valence-corrected chi connectivity index (χ0v) is 23.2. The van der Waals surface area contributed by atoms with Gasteiger partial charge in [-0.25, -0.2) is 13.2 Å². The number of rotatable bonds is 8. The maximum absolute atomic E-state index is 13.3. The van der Waals surface area contributed by atoms with Gasteiger partial charge in [0.25, 0.3) is 0 Å². The molecule has 9 nitrogen and oxygen atoms in total. The molecule has 1 aliphatic rings. The minimum absolute atomic E-state index is 0.0715. The van der Waals surface area contributed by atoms with Crippen molar-refractivity contribution in [3.8, 4) is 11.4 Å². The fourth-order valence-corrected chi connectivity index (χ4v) is 6.96. The van der Waals surface area contributed by atoms with Crippen LogP contribution in [0.25, 0.3) is 22.4 Å². The lowest BCUT2D eigenvalue weighted by atomic mass is 10.1. The highest BCUT2D eigenvalue weighted by Gasteiger charge is 2.27. The van der Waals surface area contributed by atoms with Crippen LogP contribution in [0.15, 0.2) is 67.8 Å². The first-order valence-electron chi connectivity index (χ1n) is 12.6. The summed E-state index contributed by atoms with van der Waals surface area (Å²) in [6, 6.07) is 14.3. The van der Waals surface area contributed by atoms with Crippen molar-refractivity contribution < 1.29 is 17.6 Å². The third-order valence-corrected chi connectivity index (χ3v) is 9.63. The van der Waals surface area contributed by atoms with E-state index < -0.39 is 10.0 Å². The van der Waals surface area contributed by atoms with E-state index in [9.17, 15) is 13.2 Å². The second kappa shape index (κ2) is 11.0. The third-order valence-electron chi connectivity index (χ3n) is 6.74. The minimum Gasteiger partial charge on any atom is -0.423 e. The first kappa shape index (κ1) is 26.6. The summed E-state index contributed by atoms with van der Waals surface area (Å²) in [5, 5.41) is 10.5. The molecule has 2 aromatic carbocycles. The standard InChI is InChI=1S/C27H30N4O5S2/c1-4-19(3)31-26(20-6-5-7-22(15-20)38(33,34)30-10-12-35-13-11-30)28-29-27(31)37-17-21-16-25(32)36-24-14-18(2)8-9-23(21)24/h5-9,14-16,19H,4,10-13,17H2,1-3H3. The Morgan fingerprint density at radius 1 is 1.08 bits per heavy atom.